The largest absolute Gasteiger partial charge is 0.466 e. The molecule has 1 unspecified atom stereocenters. The van der Waals surface area contributed by atoms with E-state index in [9.17, 15) is 19.7 Å². The van der Waals surface area contributed by atoms with Gasteiger partial charge in [-0.1, -0.05) is 12.1 Å². The fraction of sp³-hybridized carbons (Fsp3) is 0.312. The molecule has 24 heavy (non-hydrogen) atoms. The Hall–Kier alpha value is -2.54. The van der Waals surface area contributed by atoms with Gasteiger partial charge in [-0.2, -0.15) is 0 Å². The number of hydrogen-bond donors (Lipinski definition) is 0. The van der Waals surface area contributed by atoms with Gasteiger partial charge in [0, 0.05) is 29.5 Å². The van der Waals surface area contributed by atoms with E-state index >= 15 is 0 Å². The van der Waals surface area contributed by atoms with Crippen LogP contribution in [0.3, 0.4) is 0 Å². The second-order valence-corrected chi connectivity index (χ2v) is 5.73. The third kappa shape index (κ3) is 3.21. The summed E-state index contributed by atoms with van der Waals surface area (Å²) in [5.74, 6) is -2.34. The first kappa shape index (κ1) is 17.8. The molecule has 0 fully saturated rings. The number of nitrogens with zero attached hydrogens (tertiary/aromatic N) is 2. The third-order valence-electron chi connectivity index (χ3n) is 3.92. The highest BCUT2D eigenvalue weighted by molar-refractivity contribution is 6.65. The third-order valence-corrected chi connectivity index (χ3v) is 4.15. The van der Waals surface area contributed by atoms with Gasteiger partial charge in [0.2, 0.25) is 5.24 Å². The topological polar surface area (TPSA) is 98.9 Å². The van der Waals surface area contributed by atoms with Crippen LogP contribution >= 0.6 is 11.6 Å². The summed E-state index contributed by atoms with van der Waals surface area (Å²) in [7, 11) is 1.22. The molecule has 1 aromatic rings. The van der Waals surface area contributed by atoms with Gasteiger partial charge in [-0.25, -0.2) is 4.79 Å². The Balaban J connectivity index is 2.70. The lowest BCUT2D eigenvalue weighted by Gasteiger charge is -2.30. The zero-order chi connectivity index (χ0) is 18.0. The molecule has 8 heteroatoms. The van der Waals surface area contributed by atoms with Gasteiger partial charge in [0.1, 0.15) is 0 Å². The number of carbonyl (C=O) groups excluding carboxylic acids is 2. The van der Waals surface area contributed by atoms with Gasteiger partial charge in [0.05, 0.1) is 23.5 Å². The van der Waals surface area contributed by atoms with Crippen LogP contribution in [-0.4, -0.2) is 29.0 Å². The highest BCUT2D eigenvalue weighted by atomic mass is 35.5. The highest BCUT2D eigenvalue weighted by Gasteiger charge is 2.41. The van der Waals surface area contributed by atoms with Crippen molar-refractivity contribution in [2.45, 2.75) is 19.8 Å². The van der Waals surface area contributed by atoms with Crippen molar-refractivity contribution in [2.24, 2.45) is 10.9 Å². The minimum absolute atomic E-state index is 0.143. The van der Waals surface area contributed by atoms with Crippen molar-refractivity contribution in [3.63, 3.8) is 0 Å². The Morgan fingerprint density at radius 1 is 1.33 bits per heavy atom. The summed E-state index contributed by atoms with van der Waals surface area (Å²) < 4.78 is 4.80. The minimum Gasteiger partial charge on any atom is -0.466 e. The average Bonchev–Trinajstić information content (AvgIpc) is 2.53. The quantitative estimate of drug-likeness (QED) is 0.360. The van der Waals surface area contributed by atoms with Gasteiger partial charge in [-0.05, 0) is 31.0 Å². The van der Waals surface area contributed by atoms with E-state index in [-0.39, 0.29) is 11.3 Å². The number of benzene rings is 1. The number of aliphatic imine (C=N–C) groups is 1. The Bertz CT molecular complexity index is 784. The van der Waals surface area contributed by atoms with Crippen LogP contribution in [0.25, 0.3) is 0 Å². The number of allylic oxidation sites excluding steroid dienone is 1. The van der Waals surface area contributed by atoms with Crippen LogP contribution < -0.4 is 0 Å². The van der Waals surface area contributed by atoms with Crippen molar-refractivity contribution in [3.8, 4) is 0 Å². The lowest BCUT2D eigenvalue weighted by atomic mass is 9.76. The number of ether oxygens (including phenoxy) is 1. The Morgan fingerprint density at radius 3 is 2.54 bits per heavy atom. The average molecular weight is 351 g/mol. The van der Waals surface area contributed by atoms with E-state index in [2.05, 4.69) is 4.99 Å². The predicted molar refractivity (Wildman–Crippen MR) is 88.0 cm³/mol. The molecular formula is C16H15ClN2O5. The molecule has 0 N–H and O–H groups in total. The van der Waals surface area contributed by atoms with Gasteiger partial charge in [-0.15, -0.1) is 0 Å². The molecule has 0 bridgehead atoms. The van der Waals surface area contributed by atoms with Crippen molar-refractivity contribution >= 4 is 34.2 Å². The molecule has 2 atom stereocenters. The van der Waals surface area contributed by atoms with Gasteiger partial charge in [0.25, 0.3) is 5.69 Å². The van der Waals surface area contributed by atoms with Crippen molar-refractivity contribution in [1.29, 1.82) is 0 Å². The highest BCUT2D eigenvalue weighted by Crippen LogP contribution is 2.41. The Kier molecular flexibility index (Phi) is 5.14. The smallest absolute Gasteiger partial charge is 0.336 e. The molecule has 2 rings (SSSR count). The Morgan fingerprint density at radius 2 is 2.00 bits per heavy atom. The second kappa shape index (κ2) is 6.92. The van der Waals surface area contributed by atoms with Gasteiger partial charge >= 0.3 is 5.97 Å². The SMILES string of the molecule is COC(=O)C1=C(C)N=C(C)C(C(=O)Cl)[C@@H]1c1cccc([N+](=O)[O-])c1. The second-order valence-electron chi connectivity index (χ2n) is 5.36. The van der Waals surface area contributed by atoms with E-state index in [4.69, 9.17) is 16.3 Å². The summed E-state index contributed by atoms with van der Waals surface area (Å²) in [5, 5.41) is 10.3. The predicted octanol–water partition coefficient (Wildman–Crippen LogP) is 2.98. The molecule has 7 nitrogen and oxygen atoms in total. The molecule has 0 saturated heterocycles. The minimum atomic E-state index is -0.897. The standard InChI is InChI=1S/C16H15ClN2O5/c1-8-12(15(17)20)14(13(9(2)18-8)16(21)24-3)10-5-4-6-11(7-10)19(22)23/h4-7,12,14H,1-3H3/t12?,14-/m0/s1. The number of non-ortho nitro benzene ring substituents is 1. The lowest BCUT2D eigenvalue weighted by Crippen LogP contribution is -2.33. The zero-order valence-corrected chi connectivity index (χ0v) is 14.0. The molecule has 0 radical (unpaired) electrons. The molecule has 1 aliphatic rings. The van der Waals surface area contributed by atoms with Crippen molar-refractivity contribution in [3.05, 3.63) is 51.2 Å². The van der Waals surface area contributed by atoms with E-state index in [0.29, 0.717) is 17.0 Å². The van der Waals surface area contributed by atoms with Gasteiger partial charge in [-0.3, -0.25) is 19.9 Å². The number of rotatable bonds is 4. The first-order chi connectivity index (χ1) is 11.3. The summed E-state index contributed by atoms with van der Waals surface area (Å²) in [6.07, 6.45) is 0. The number of esters is 1. The van der Waals surface area contributed by atoms with Gasteiger partial charge in [0.15, 0.2) is 0 Å². The summed E-state index contributed by atoms with van der Waals surface area (Å²) in [4.78, 5) is 38.9. The molecule has 0 saturated carbocycles. The van der Waals surface area contributed by atoms with Crippen LogP contribution in [0, 0.1) is 16.0 Å². The first-order valence-corrected chi connectivity index (χ1v) is 7.43. The fourth-order valence-electron chi connectivity index (χ4n) is 2.90. The van der Waals surface area contributed by atoms with E-state index < -0.39 is 28.0 Å². The molecule has 0 aliphatic carbocycles. The Labute approximate surface area is 143 Å². The van der Waals surface area contributed by atoms with Gasteiger partial charge < -0.3 is 4.74 Å². The first-order valence-electron chi connectivity index (χ1n) is 7.05. The molecular weight excluding hydrogens is 336 g/mol. The van der Waals surface area contributed by atoms with Crippen LogP contribution in [0.2, 0.25) is 0 Å². The summed E-state index contributed by atoms with van der Waals surface area (Å²) in [5.41, 5.74) is 1.29. The van der Waals surface area contributed by atoms with Crippen molar-refractivity contribution < 1.29 is 19.2 Å². The van der Waals surface area contributed by atoms with E-state index in [1.807, 2.05) is 0 Å². The van der Waals surface area contributed by atoms with Crippen LogP contribution in [0.1, 0.15) is 25.3 Å². The molecule has 1 aliphatic heterocycles. The van der Waals surface area contributed by atoms with E-state index in [1.54, 1.807) is 19.9 Å². The summed E-state index contributed by atoms with van der Waals surface area (Å²) in [6.45, 7) is 3.25. The normalized spacial score (nSPS) is 20.4. The molecule has 1 heterocycles. The van der Waals surface area contributed by atoms with Crippen molar-refractivity contribution in [2.75, 3.05) is 7.11 Å². The van der Waals surface area contributed by atoms with Crippen LogP contribution in [0.5, 0.6) is 0 Å². The monoisotopic (exact) mass is 350 g/mol. The number of nitro benzene ring substituents is 1. The number of carbonyl (C=O) groups is 2. The molecule has 126 valence electrons. The van der Waals surface area contributed by atoms with E-state index in [0.717, 1.165) is 0 Å². The van der Waals surface area contributed by atoms with Crippen LogP contribution in [0.15, 0.2) is 40.5 Å². The molecule has 0 spiro atoms. The fourth-order valence-corrected chi connectivity index (χ4v) is 3.18. The number of hydrogen-bond acceptors (Lipinski definition) is 6. The van der Waals surface area contributed by atoms with E-state index in [1.165, 1.54) is 25.3 Å². The maximum Gasteiger partial charge on any atom is 0.336 e. The molecule has 0 aromatic heterocycles. The number of methoxy groups -OCH3 is 1. The maximum atomic E-state index is 12.2. The van der Waals surface area contributed by atoms with Crippen molar-refractivity contribution in [1.82, 2.24) is 0 Å². The lowest BCUT2D eigenvalue weighted by molar-refractivity contribution is -0.384. The number of nitro groups is 1. The zero-order valence-electron chi connectivity index (χ0n) is 13.3. The van der Waals surface area contributed by atoms with Crippen LogP contribution in [-0.2, 0) is 14.3 Å². The maximum absolute atomic E-state index is 12.2. The summed E-state index contributed by atoms with van der Waals surface area (Å²) in [6, 6.07) is 5.76. The summed E-state index contributed by atoms with van der Waals surface area (Å²) >= 11 is 5.73. The number of halogens is 1. The molecule has 0 amide bonds. The van der Waals surface area contributed by atoms with Crippen LogP contribution in [0.4, 0.5) is 5.69 Å². The molecule has 1 aromatic carbocycles.